The van der Waals surface area contributed by atoms with E-state index in [-0.39, 0.29) is 0 Å². The van der Waals surface area contributed by atoms with Crippen LogP contribution in [0.4, 0.5) is 0 Å². The number of rotatable bonds is 4. The van der Waals surface area contributed by atoms with Crippen molar-refractivity contribution in [3.05, 3.63) is 0 Å². The summed E-state index contributed by atoms with van der Waals surface area (Å²) in [5.74, 6) is -1.26. The van der Waals surface area contributed by atoms with Crippen LogP contribution in [-0.4, -0.2) is 47.8 Å². The number of aliphatic carboxylic acids is 1. The quantitative estimate of drug-likeness (QED) is 0.502. The molecule has 0 saturated heterocycles. The number of quaternary nitrogens is 1. The summed E-state index contributed by atoms with van der Waals surface area (Å²) >= 11 is 2.94. The van der Waals surface area contributed by atoms with Gasteiger partial charge in [-0.3, -0.25) is 0 Å². The first-order chi connectivity index (χ1) is 5.12. The summed E-state index contributed by atoms with van der Waals surface area (Å²) < 4.78 is -0.890. The summed E-state index contributed by atoms with van der Waals surface area (Å²) in [6.45, 7) is 0.307. The Bertz CT molecular complexity index is 174. The molecule has 0 fully saturated rings. The van der Waals surface area contributed by atoms with Crippen molar-refractivity contribution < 1.29 is 19.5 Å². The van der Waals surface area contributed by atoms with Gasteiger partial charge in [0.15, 0.2) is 4.51 Å². The minimum absolute atomic E-state index is 0.307. The Labute approximate surface area is 80.5 Å². The smallest absolute Gasteiger partial charge is 0.173 e. The number of carbonyl (C=O) groups is 1. The van der Waals surface area contributed by atoms with E-state index < -0.39 is 16.9 Å². The first-order valence-corrected chi connectivity index (χ1v) is 4.33. The molecule has 0 aliphatic heterocycles. The number of halogens is 1. The van der Waals surface area contributed by atoms with E-state index in [0.717, 1.165) is 0 Å². The number of hydrogen-bond donors (Lipinski definition) is 1. The molecule has 4 nitrogen and oxygen atoms in total. The van der Waals surface area contributed by atoms with Gasteiger partial charge >= 0.3 is 0 Å². The van der Waals surface area contributed by atoms with E-state index >= 15 is 0 Å². The number of aliphatic hydroxyl groups is 1. The first kappa shape index (κ1) is 11.9. The second-order valence-electron chi connectivity index (χ2n) is 3.92. The van der Waals surface area contributed by atoms with Gasteiger partial charge in [0.25, 0.3) is 0 Å². The van der Waals surface area contributed by atoms with Gasteiger partial charge in [0, 0.05) is 12.4 Å². The summed E-state index contributed by atoms with van der Waals surface area (Å²) in [6, 6.07) is 0. The number of hydrogen-bond acceptors (Lipinski definition) is 3. The Kier molecular flexibility index (Phi) is 3.68. The molecule has 72 valence electrons. The predicted molar refractivity (Wildman–Crippen MR) is 46.4 cm³/mol. The van der Waals surface area contributed by atoms with Crippen LogP contribution in [0, 0.1) is 0 Å². The van der Waals surface area contributed by atoms with E-state index in [1.54, 1.807) is 0 Å². The van der Waals surface area contributed by atoms with Crippen molar-refractivity contribution in [2.75, 3.05) is 27.7 Å². The zero-order chi connectivity index (χ0) is 9.99. The second-order valence-corrected chi connectivity index (χ2v) is 5.39. The van der Waals surface area contributed by atoms with E-state index in [4.69, 9.17) is 0 Å². The van der Waals surface area contributed by atoms with E-state index in [2.05, 4.69) is 15.9 Å². The fraction of sp³-hybridized carbons (Fsp3) is 0.857. The van der Waals surface area contributed by atoms with Crippen LogP contribution in [0.5, 0.6) is 0 Å². The molecule has 1 unspecified atom stereocenters. The summed E-state index contributed by atoms with van der Waals surface area (Å²) in [4.78, 5) is 10.2. The average molecular weight is 240 g/mol. The Morgan fingerprint density at radius 1 is 1.58 bits per heavy atom. The average Bonchev–Trinajstić information content (AvgIpc) is 1.48. The van der Waals surface area contributed by atoms with Gasteiger partial charge in [-0.25, -0.2) is 0 Å². The van der Waals surface area contributed by atoms with Gasteiger partial charge in [-0.05, 0) is 15.9 Å². The summed E-state index contributed by atoms with van der Waals surface area (Å²) in [7, 11) is 5.59. The number of nitrogens with zero attached hydrogens (tertiary/aromatic N) is 1. The van der Waals surface area contributed by atoms with Crippen LogP contribution in [0.15, 0.2) is 0 Å². The molecule has 0 radical (unpaired) electrons. The van der Waals surface area contributed by atoms with E-state index in [0.29, 0.717) is 11.0 Å². The second kappa shape index (κ2) is 3.72. The molecule has 0 rings (SSSR count). The number of likely N-dealkylation sites (N-methyl/N-ethyl adjacent to an activating group) is 1. The fourth-order valence-corrected chi connectivity index (χ4v) is 1.99. The minimum atomic E-state index is -1.37. The zero-order valence-electron chi connectivity index (χ0n) is 7.50. The molecule has 0 aromatic carbocycles. The van der Waals surface area contributed by atoms with Crippen molar-refractivity contribution in [1.29, 1.82) is 0 Å². The van der Waals surface area contributed by atoms with Crippen LogP contribution in [0.25, 0.3) is 0 Å². The molecule has 5 heteroatoms. The maximum atomic E-state index is 10.2. The summed E-state index contributed by atoms with van der Waals surface area (Å²) in [5, 5.41) is 19.7. The molecule has 1 atom stereocenters. The van der Waals surface area contributed by atoms with Crippen LogP contribution in [-0.2, 0) is 4.79 Å². The molecule has 0 aliphatic rings. The number of alkyl halides is 1. The van der Waals surface area contributed by atoms with Crippen molar-refractivity contribution in [2.24, 2.45) is 0 Å². The highest BCUT2D eigenvalue weighted by Crippen LogP contribution is 2.20. The highest BCUT2D eigenvalue weighted by atomic mass is 79.9. The Morgan fingerprint density at radius 2 is 2.00 bits per heavy atom. The highest BCUT2D eigenvalue weighted by Gasteiger charge is 2.30. The monoisotopic (exact) mass is 239 g/mol. The van der Waals surface area contributed by atoms with Crippen LogP contribution in [0.2, 0.25) is 0 Å². The van der Waals surface area contributed by atoms with E-state index in [1.807, 2.05) is 21.1 Å². The van der Waals surface area contributed by atoms with Crippen LogP contribution < -0.4 is 5.11 Å². The van der Waals surface area contributed by atoms with Crippen LogP contribution in [0.1, 0.15) is 6.42 Å². The molecule has 0 amide bonds. The normalized spacial score (nSPS) is 17.1. The molecular formula is C7H14BrNO3. The lowest BCUT2D eigenvalue weighted by Crippen LogP contribution is -2.48. The molecule has 0 saturated carbocycles. The molecule has 0 aromatic rings. The summed E-state index contributed by atoms with van der Waals surface area (Å²) in [5.41, 5.74) is 0. The third kappa shape index (κ3) is 6.57. The SMILES string of the molecule is C[N+](C)(C)CC(O)(Br)CC(=O)[O-]. The Balaban J connectivity index is 4.13. The van der Waals surface area contributed by atoms with Gasteiger partial charge in [0.05, 0.1) is 21.1 Å². The highest BCUT2D eigenvalue weighted by molar-refractivity contribution is 9.10. The van der Waals surface area contributed by atoms with Crippen molar-refractivity contribution >= 4 is 21.9 Å². The maximum Gasteiger partial charge on any atom is 0.173 e. The topological polar surface area (TPSA) is 60.4 Å². The fourth-order valence-electron chi connectivity index (χ4n) is 1.00. The number of carbonyl (C=O) groups excluding carboxylic acids is 1. The number of carboxylic acid groups (broad SMARTS) is 1. The lowest BCUT2D eigenvalue weighted by atomic mass is 10.2. The molecule has 0 aromatic heterocycles. The first-order valence-electron chi connectivity index (χ1n) is 3.54. The van der Waals surface area contributed by atoms with Gasteiger partial charge < -0.3 is 19.5 Å². The predicted octanol–water partition coefficient (Wildman–Crippen LogP) is -1.08. The lowest BCUT2D eigenvalue weighted by molar-refractivity contribution is -0.874. The van der Waals surface area contributed by atoms with E-state index in [1.165, 1.54) is 0 Å². The van der Waals surface area contributed by atoms with Crippen molar-refractivity contribution in [1.82, 2.24) is 0 Å². The molecule has 12 heavy (non-hydrogen) atoms. The molecule has 0 spiro atoms. The Hall–Kier alpha value is -0.130. The van der Waals surface area contributed by atoms with E-state index in [9.17, 15) is 15.0 Å². The van der Waals surface area contributed by atoms with Crippen LogP contribution in [0.3, 0.4) is 0 Å². The van der Waals surface area contributed by atoms with Crippen molar-refractivity contribution in [3.8, 4) is 0 Å². The van der Waals surface area contributed by atoms with Gasteiger partial charge in [-0.2, -0.15) is 0 Å². The van der Waals surface area contributed by atoms with Gasteiger partial charge in [0.2, 0.25) is 0 Å². The zero-order valence-corrected chi connectivity index (χ0v) is 9.09. The van der Waals surface area contributed by atoms with Gasteiger partial charge in [0.1, 0.15) is 6.54 Å². The van der Waals surface area contributed by atoms with Gasteiger partial charge in [-0.1, -0.05) is 0 Å². The minimum Gasteiger partial charge on any atom is -0.550 e. The number of carboxylic acids is 1. The maximum absolute atomic E-state index is 10.2. The summed E-state index contributed by atoms with van der Waals surface area (Å²) in [6.07, 6.45) is -0.400. The molecule has 0 heterocycles. The molecule has 0 aliphatic carbocycles. The largest absolute Gasteiger partial charge is 0.550 e. The Morgan fingerprint density at radius 3 is 2.25 bits per heavy atom. The molecular weight excluding hydrogens is 226 g/mol. The standard InChI is InChI=1S/C7H14BrNO3/c1-9(2,3)5-7(8,12)4-6(10)11/h12H,4-5H2,1-3H3. The van der Waals surface area contributed by atoms with Crippen molar-refractivity contribution in [3.63, 3.8) is 0 Å². The third-order valence-electron chi connectivity index (χ3n) is 1.13. The van der Waals surface area contributed by atoms with Crippen LogP contribution >= 0.6 is 15.9 Å². The lowest BCUT2D eigenvalue weighted by Gasteiger charge is -2.31. The molecule has 1 N–H and O–H groups in total. The third-order valence-corrected chi connectivity index (χ3v) is 1.66. The van der Waals surface area contributed by atoms with Gasteiger partial charge in [-0.15, -0.1) is 0 Å². The van der Waals surface area contributed by atoms with Crippen molar-refractivity contribution in [2.45, 2.75) is 10.9 Å². The molecule has 0 bridgehead atoms.